The summed E-state index contributed by atoms with van der Waals surface area (Å²) < 4.78 is 0. The average Bonchev–Trinajstić information content (AvgIpc) is 2.31. The minimum absolute atomic E-state index is 0.392. The van der Waals surface area contributed by atoms with Crippen LogP contribution in [0.3, 0.4) is 0 Å². The first-order valence-corrected chi connectivity index (χ1v) is 6.33. The second kappa shape index (κ2) is 7.13. The molecule has 2 N–H and O–H groups in total. The predicted molar refractivity (Wildman–Crippen MR) is 74.3 cm³/mol. The predicted octanol–water partition coefficient (Wildman–Crippen LogP) is 3.49. The summed E-state index contributed by atoms with van der Waals surface area (Å²) in [5.41, 5.74) is 3.40. The Hall–Kier alpha value is -1.28. The van der Waals surface area contributed by atoms with Crippen LogP contribution in [0.25, 0.3) is 5.57 Å². The molecule has 0 bridgehead atoms. The molecular formula is C15H23NO. The van der Waals surface area contributed by atoms with E-state index in [0.717, 1.165) is 36.9 Å². The Morgan fingerprint density at radius 1 is 1.41 bits per heavy atom. The molecule has 0 atom stereocenters. The van der Waals surface area contributed by atoms with E-state index in [2.05, 4.69) is 18.3 Å². The van der Waals surface area contributed by atoms with Gasteiger partial charge in [-0.05, 0) is 50.6 Å². The lowest BCUT2D eigenvalue weighted by molar-refractivity contribution is 0.472. The minimum Gasteiger partial charge on any atom is -0.507 e. The lowest BCUT2D eigenvalue weighted by Crippen LogP contribution is -2.08. The molecule has 0 amide bonds. The largest absolute Gasteiger partial charge is 0.507 e. The van der Waals surface area contributed by atoms with Gasteiger partial charge in [0.05, 0.1) is 0 Å². The van der Waals surface area contributed by atoms with Gasteiger partial charge in [-0.15, -0.1) is 0 Å². The van der Waals surface area contributed by atoms with E-state index < -0.39 is 0 Å². The molecule has 0 heterocycles. The molecule has 17 heavy (non-hydrogen) atoms. The zero-order valence-corrected chi connectivity index (χ0v) is 11.1. The lowest BCUT2D eigenvalue weighted by Gasteiger charge is -2.13. The summed E-state index contributed by atoms with van der Waals surface area (Å²) in [7, 11) is 1.95. The quantitative estimate of drug-likeness (QED) is 0.788. The van der Waals surface area contributed by atoms with E-state index in [-0.39, 0.29) is 0 Å². The molecule has 0 saturated carbocycles. The second-order valence-electron chi connectivity index (χ2n) is 4.34. The molecule has 0 fully saturated rings. The summed E-state index contributed by atoms with van der Waals surface area (Å²) >= 11 is 0. The number of allylic oxidation sites excluding steroid dienone is 1. The van der Waals surface area contributed by atoms with Gasteiger partial charge in [-0.2, -0.15) is 0 Å². The molecule has 0 aromatic heterocycles. The molecule has 0 saturated heterocycles. The highest BCUT2D eigenvalue weighted by Gasteiger charge is 2.09. The smallest absolute Gasteiger partial charge is 0.123 e. The van der Waals surface area contributed by atoms with Crippen LogP contribution < -0.4 is 5.32 Å². The number of benzene rings is 1. The summed E-state index contributed by atoms with van der Waals surface area (Å²) in [5.74, 6) is 0.392. The molecule has 2 nitrogen and oxygen atoms in total. The number of hydrogen-bond acceptors (Lipinski definition) is 2. The molecule has 1 aromatic carbocycles. The van der Waals surface area contributed by atoms with Crippen molar-refractivity contribution in [3.05, 3.63) is 35.4 Å². The van der Waals surface area contributed by atoms with Gasteiger partial charge in [-0.25, -0.2) is 0 Å². The summed E-state index contributed by atoms with van der Waals surface area (Å²) in [5, 5.41) is 13.2. The number of phenolic OH excluding ortho intramolecular Hbond substituents is 1. The fraction of sp³-hybridized carbons (Fsp3) is 0.467. The normalized spacial score (nSPS) is 11.8. The van der Waals surface area contributed by atoms with Crippen LogP contribution in [0.15, 0.2) is 24.3 Å². The SMILES string of the molecule is CCC/C=C(/CCNC)c1c(C)cccc1O. The van der Waals surface area contributed by atoms with Gasteiger partial charge in [0.15, 0.2) is 0 Å². The van der Waals surface area contributed by atoms with Crippen molar-refractivity contribution in [2.75, 3.05) is 13.6 Å². The maximum absolute atomic E-state index is 10.00. The maximum atomic E-state index is 10.00. The van der Waals surface area contributed by atoms with Crippen molar-refractivity contribution in [2.45, 2.75) is 33.1 Å². The Balaban J connectivity index is 3.03. The van der Waals surface area contributed by atoms with Crippen molar-refractivity contribution >= 4 is 5.57 Å². The number of aryl methyl sites for hydroxylation is 1. The number of aromatic hydroxyl groups is 1. The third kappa shape index (κ3) is 3.90. The monoisotopic (exact) mass is 233 g/mol. The molecule has 0 aliphatic carbocycles. The summed E-state index contributed by atoms with van der Waals surface area (Å²) in [6.45, 7) is 5.15. The van der Waals surface area contributed by atoms with Crippen LogP contribution in [0.4, 0.5) is 0 Å². The Kier molecular flexibility index (Phi) is 5.78. The Bertz CT molecular complexity index is 362. The van der Waals surface area contributed by atoms with Gasteiger partial charge in [0.2, 0.25) is 0 Å². The standard InChI is InChI=1S/C15H23NO/c1-4-5-8-13(10-11-16-3)15-12(2)7-6-9-14(15)17/h6-9,16-17H,4-5,10-11H2,1-3H3/b13-8-. The summed E-state index contributed by atoms with van der Waals surface area (Å²) in [4.78, 5) is 0. The van der Waals surface area contributed by atoms with E-state index in [1.165, 1.54) is 5.57 Å². The van der Waals surface area contributed by atoms with Crippen LogP contribution in [0.2, 0.25) is 0 Å². The van der Waals surface area contributed by atoms with E-state index in [0.29, 0.717) is 5.75 Å². The van der Waals surface area contributed by atoms with Crippen LogP contribution >= 0.6 is 0 Å². The van der Waals surface area contributed by atoms with Crippen LogP contribution in [-0.2, 0) is 0 Å². The van der Waals surface area contributed by atoms with Crippen LogP contribution in [0.1, 0.15) is 37.3 Å². The van der Waals surface area contributed by atoms with Crippen molar-refractivity contribution in [1.82, 2.24) is 5.32 Å². The Morgan fingerprint density at radius 3 is 2.76 bits per heavy atom. The average molecular weight is 233 g/mol. The Morgan fingerprint density at radius 2 is 2.18 bits per heavy atom. The summed E-state index contributed by atoms with van der Waals surface area (Å²) in [6.07, 6.45) is 5.40. The van der Waals surface area contributed by atoms with Crippen LogP contribution in [0.5, 0.6) is 5.75 Å². The molecule has 0 aliphatic rings. The van der Waals surface area contributed by atoms with Crippen molar-refractivity contribution in [2.24, 2.45) is 0 Å². The fourth-order valence-electron chi connectivity index (χ4n) is 1.98. The van der Waals surface area contributed by atoms with E-state index in [9.17, 15) is 5.11 Å². The Labute approximate surface area is 104 Å². The molecule has 0 unspecified atom stereocenters. The van der Waals surface area contributed by atoms with E-state index in [1.807, 2.05) is 26.1 Å². The molecule has 94 valence electrons. The molecule has 2 heteroatoms. The van der Waals surface area contributed by atoms with Crippen molar-refractivity contribution in [1.29, 1.82) is 0 Å². The number of rotatable bonds is 6. The maximum Gasteiger partial charge on any atom is 0.123 e. The number of nitrogens with one attached hydrogen (secondary N) is 1. The van der Waals surface area contributed by atoms with Crippen molar-refractivity contribution < 1.29 is 5.11 Å². The highest BCUT2D eigenvalue weighted by molar-refractivity contribution is 5.72. The molecule has 0 radical (unpaired) electrons. The summed E-state index contributed by atoms with van der Waals surface area (Å²) in [6, 6.07) is 5.71. The first kappa shape index (κ1) is 13.8. The van der Waals surface area contributed by atoms with Gasteiger partial charge in [-0.1, -0.05) is 31.6 Å². The van der Waals surface area contributed by atoms with Gasteiger partial charge in [0.25, 0.3) is 0 Å². The van der Waals surface area contributed by atoms with Crippen molar-refractivity contribution in [3.63, 3.8) is 0 Å². The topological polar surface area (TPSA) is 32.3 Å². The lowest BCUT2D eigenvalue weighted by atomic mass is 9.96. The zero-order valence-electron chi connectivity index (χ0n) is 11.1. The van der Waals surface area contributed by atoms with Crippen LogP contribution in [-0.4, -0.2) is 18.7 Å². The molecule has 0 spiro atoms. The molecule has 0 aliphatic heterocycles. The number of unbranched alkanes of at least 4 members (excludes halogenated alkanes) is 1. The van der Waals surface area contributed by atoms with Gasteiger partial charge < -0.3 is 10.4 Å². The van der Waals surface area contributed by atoms with Gasteiger partial charge in [0.1, 0.15) is 5.75 Å². The third-order valence-electron chi connectivity index (χ3n) is 2.90. The van der Waals surface area contributed by atoms with Crippen molar-refractivity contribution in [3.8, 4) is 5.75 Å². The number of hydrogen-bond donors (Lipinski definition) is 2. The first-order valence-electron chi connectivity index (χ1n) is 6.33. The van der Waals surface area contributed by atoms with E-state index in [4.69, 9.17) is 0 Å². The van der Waals surface area contributed by atoms with Crippen LogP contribution in [0, 0.1) is 6.92 Å². The highest BCUT2D eigenvalue weighted by Crippen LogP contribution is 2.30. The zero-order chi connectivity index (χ0) is 12.7. The van der Waals surface area contributed by atoms with Gasteiger partial charge in [0, 0.05) is 5.56 Å². The molecule has 1 aromatic rings. The van der Waals surface area contributed by atoms with E-state index >= 15 is 0 Å². The van der Waals surface area contributed by atoms with Gasteiger partial charge >= 0.3 is 0 Å². The number of phenols is 1. The third-order valence-corrected chi connectivity index (χ3v) is 2.90. The molecule has 1 rings (SSSR count). The van der Waals surface area contributed by atoms with Gasteiger partial charge in [-0.3, -0.25) is 0 Å². The highest BCUT2D eigenvalue weighted by atomic mass is 16.3. The second-order valence-corrected chi connectivity index (χ2v) is 4.34. The molecular weight excluding hydrogens is 210 g/mol. The minimum atomic E-state index is 0.392. The first-order chi connectivity index (χ1) is 8.20. The fourth-order valence-corrected chi connectivity index (χ4v) is 1.98. The van der Waals surface area contributed by atoms with E-state index in [1.54, 1.807) is 6.07 Å².